The van der Waals surface area contributed by atoms with E-state index in [4.69, 9.17) is 23.2 Å². The van der Waals surface area contributed by atoms with Gasteiger partial charge in [-0.15, -0.1) is 0 Å². The van der Waals surface area contributed by atoms with Crippen LogP contribution in [0.25, 0.3) is 0 Å². The number of hydrogen-bond acceptors (Lipinski definition) is 1. The van der Waals surface area contributed by atoms with Crippen LogP contribution >= 0.6 is 23.2 Å². The highest BCUT2D eigenvalue weighted by atomic mass is 35.5. The molecule has 1 unspecified atom stereocenters. The summed E-state index contributed by atoms with van der Waals surface area (Å²) in [5.74, 6) is 0.625. The number of hydrogen-bond donors (Lipinski definition) is 0. The summed E-state index contributed by atoms with van der Waals surface area (Å²) in [6.45, 7) is 5.69. The zero-order valence-electron chi connectivity index (χ0n) is 8.84. The summed E-state index contributed by atoms with van der Waals surface area (Å²) < 4.78 is 0. The molecule has 3 heteroatoms. The second-order valence-electron chi connectivity index (χ2n) is 4.05. The Balaban J connectivity index is 2.13. The van der Waals surface area contributed by atoms with E-state index in [-0.39, 0.29) is 0 Å². The first-order valence-electron chi connectivity index (χ1n) is 5.38. The van der Waals surface area contributed by atoms with Crippen molar-refractivity contribution in [2.75, 3.05) is 19.6 Å². The van der Waals surface area contributed by atoms with Crippen molar-refractivity contribution in [3.05, 3.63) is 33.8 Å². The van der Waals surface area contributed by atoms with Crippen molar-refractivity contribution in [1.82, 2.24) is 4.90 Å². The largest absolute Gasteiger partial charge is 0.303 e. The van der Waals surface area contributed by atoms with Gasteiger partial charge < -0.3 is 4.90 Å². The Hall–Kier alpha value is -0.240. The van der Waals surface area contributed by atoms with E-state index < -0.39 is 0 Å². The maximum Gasteiger partial charge on any atom is 0.0595 e. The third-order valence-electron chi connectivity index (χ3n) is 3.13. The molecule has 0 bridgehead atoms. The smallest absolute Gasteiger partial charge is 0.0595 e. The summed E-state index contributed by atoms with van der Waals surface area (Å²) in [7, 11) is 0. The topological polar surface area (TPSA) is 3.24 Å². The van der Waals surface area contributed by atoms with Crippen LogP contribution in [-0.2, 0) is 0 Å². The van der Waals surface area contributed by atoms with Crippen molar-refractivity contribution >= 4 is 23.2 Å². The molecule has 0 radical (unpaired) electrons. The number of likely N-dealkylation sites (N-methyl/N-ethyl adjacent to an activating group) is 1. The van der Waals surface area contributed by atoms with Crippen LogP contribution in [0.2, 0.25) is 10.0 Å². The van der Waals surface area contributed by atoms with E-state index in [0.29, 0.717) is 16.0 Å². The Labute approximate surface area is 101 Å². The van der Waals surface area contributed by atoms with Gasteiger partial charge in [-0.1, -0.05) is 36.2 Å². The first-order valence-corrected chi connectivity index (χ1v) is 6.13. The number of rotatable bonds is 2. The van der Waals surface area contributed by atoms with E-state index in [1.807, 2.05) is 12.1 Å². The van der Waals surface area contributed by atoms with Crippen LogP contribution in [0, 0.1) is 0 Å². The molecule has 0 saturated carbocycles. The zero-order chi connectivity index (χ0) is 10.8. The van der Waals surface area contributed by atoms with Gasteiger partial charge in [0.15, 0.2) is 0 Å². The third-order valence-corrected chi connectivity index (χ3v) is 3.87. The molecule has 0 spiro atoms. The fourth-order valence-electron chi connectivity index (χ4n) is 2.16. The number of benzene rings is 1. The lowest BCUT2D eigenvalue weighted by Crippen LogP contribution is -2.19. The maximum atomic E-state index is 6.02. The summed E-state index contributed by atoms with van der Waals surface area (Å²) in [5.41, 5.74) is 1.32. The Morgan fingerprint density at radius 1 is 1.33 bits per heavy atom. The fourth-order valence-corrected chi connectivity index (χ4v) is 2.46. The van der Waals surface area contributed by atoms with Crippen molar-refractivity contribution in [1.29, 1.82) is 0 Å². The molecule has 1 aliphatic heterocycles. The first kappa shape index (κ1) is 11.3. The molecule has 1 aromatic carbocycles. The molecule has 82 valence electrons. The second kappa shape index (κ2) is 4.73. The molecule has 1 heterocycles. The normalized spacial score (nSPS) is 22.2. The van der Waals surface area contributed by atoms with Crippen molar-refractivity contribution in [2.24, 2.45) is 0 Å². The van der Waals surface area contributed by atoms with Crippen molar-refractivity contribution in [3.63, 3.8) is 0 Å². The van der Waals surface area contributed by atoms with Gasteiger partial charge in [-0.25, -0.2) is 0 Å². The SMILES string of the molecule is CCN1CCC(c2ccc(Cl)c(Cl)c2)C1. The quantitative estimate of drug-likeness (QED) is 0.764. The summed E-state index contributed by atoms with van der Waals surface area (Å²) in [4.78, 5) is 2.47. The molecule has 0 aromatic heterocycles. The molecule has 1 aromatic rings. The average Bonchev–Trinajstić information content (AvgIpc) is 2.70. The van der Waals surface area contributed by atoms with Gasteiger partial charge in [0.25, 0.3) is 0 Å². The Morgan fingerprint density at radius 3 is 2.73 bits per heavy atom. The lowest BCUT2D eigenvalue weighted by Gasteiger charge is -2.13. The number of halogens is 2. The highest BCUT2D eigenvalue weighted by Gasteiger charge is 2.22. The Bertz CT molecular complexity index is 351. The highest BCUT2D eigenvalue weighted by Crippen LogP contribution is 2.31. The van der Waals surface area contributed by atoms with Gasteiger partial charge in [-0.2, -0.15) is 0 Å². The molecule has 1 saturated heterocycles. The average molecular weight is 244 g/mol. The molecular formula is C12H15Cl2N. The molecule has 0 aliphatic carbocycles. The number of likely N-dealkylation sites (tertiary alicyclic amines) is 1. The third kappa shape index (κ3) is 2.47. The van der Waals surface area contributed by atoms with Gasteiger partial charge in [0.1, 0.15) is 0 Å². The van der Waals surface area contributed by atoms with Gasteiger partial charge in [-0.3, -0.25) is 0 Å². The van der Waals surface area contributed by atoms with Crippen LogP contribution in [-0.4, -0.2) is 24.5 Å². The summed E-state index contributed by atoms with van der Waals surface area (Å²) in [6.07, 6.45) is 1.23. The van der Waals surface area contributed by atoms with E-state index in [9.17, 15) is 0 Å². The first-order chi connectivity index (χ1) is 7.20. The molecule has 1 fully saturated rings. The van der Waals surface area contributed by atoms with Crippen molar-refractivity contribution < 1.29 is 0 Å². The molecule has 1 aliphatic rings. The lowest BCUT2D eigenvalue weighted by molar-refractivity contribution is 0.354. The minimum atomic E-state index is 0.625. The molecular weight excluding hydrogens is 229 g/mol. The summed E-state index contributed by atoms with van der Waals surface area (Å²) >= 11 is 11.9. The fraction of sp³-hybridized carbons (Fsp3) is 0.500. The van der Waals surface area contributed by atoms with Crippen molar-refractivity contribution in [3.8, 4) is 0 Å². The molecule has 1 nitrogen and oxygen atoms in total. The molecule has 1 atom stereocenters. The van der Waals surface area contributed by atoms with E-state index in [2.05, 4.69) is 17.9 Å². The lowest BCUT2D eigenvalue weighted by atomic mass is 9.99. The Morgan fingerprint density at radius 2 is 2.13 bits per heavy atom. The maximum absolute atomic E-state index is 6.02. The molecule has 0 N–H and O–H groups in total. The van der Waals surface area contributed by atoms with Gasteiger partial charge in [-0.05, 0) is 43.1 Å². The zero-order valence-corrected chi connectivity index (χ0v) is 10.4. The minimum Gasteiger partial charge on any atom is -0.303 e. The number of nitrogens with zero attached hydrogens (tertiary/aromatic N) is 1. The monoisotopic (exact) mass is 243 g/mol. The Kier molecular flexibility index (Phi) is 3.55. The summed E-state index contributed by atoms with van der Waals surface area (Å²) in [5, 5.41) is 1.31. The standard InChI is InChI=1S/C12H15Cl2N/c1-2-15-6-5-10(8-15)9-3-4-11(13)12(14)7-9/h3-4,7,10H,2,5-6,8H2,1H3. The van der Waals surface area contributed by atoms with Crippen LogP contribution in [0.5, 0.6) is 0 Å². The summed E-state index contributed by atoms with van der Waals surface area (Å²) in [6, 6.07) is 6.00. The van der Waals surface area contributed by atoms with E-state index in [0.717, 1.165) is 13.1 Å². The highest BCUT2D eigenvalue weighted by molar-refractivity contribution is 6.42. The van der Waals surface area contributed by atoms with Gasteiger partial charge in [0, 0.05) is 6.54 Å². The van der Waals surface area contributed by atoms with Gasteiger partial charge in [0.05, 0.1) is 10.0 Å². The predicted octanol–water partition coefficient (Wildman–Crippen LogP) is 3.80. The molecule has 0 amide bonds. The second-order valence-corrected chi connectivity index (χ2v) is 4.87. The minimum absolute atomic E-state index is 0.625. The van der Waals surface area contributed by atoms with Crippen molar-refractivity contribution in [2.45, 2.75) is 19.3 Å². The molecule has 2 rings (SSSR count). The van der Waals surface area contributed by atoms with Crippen LogP contribution in [0.3, 0.4) is 0 Å². The van der Waals surface area contributed by atoms with E-state index in [1.54, 1.807) is 0 Å². The van der Waals surface area contributed by atoms with Crippen LogP contribution in [0.15, 0.2) is 18.2 Å². The van der Waals surface area contributed by atoms with Crippen LogP contribution in [0.1, 0.15) is 24.8 Å². The molecule has 15 heavy (non-hydrogen) atoms. The van der Waals surface area contributed by atoms with Gasteiger partial charge >= 0.3 is 0 Å². The van der Waals surface area contributed by atoms with E-state index in [1.165, 1.54) is 18.5 Å². The predicted molar refractivity (Wildman–Crippen MR) is 65.9 cm³/mol. The van der Waals surface area contributed by atoms with Crippen LogP contribution in [0.4, 0.5) is 0 Å². The van der Waals surface area contributed by atoms with E-state index >= 15 is 0 Å². The van der Waals surface area contributed by atoms with Gasteiger partial charge in [0.2, 0.25) is 0 Å². The van der Waals surface area contributed by atoms with Crippen LogP contribution < -0.4 is 0 Å².